The number of nitrogens with one attached hydrogen (secondary N) is 1. The minimum atomic E-state index is 0.219. The lowest BCUT2D eigenvalue weighted by Gasteiger charge is -2.14. The van der Waals surface area contributed by atoms with Crippen molar-refractivity contribution in [3.05, 3.63) is 54.4 Å². The number of nitrogens with zero attached hydrogens (tertiary/aromatic N) is 1. The zero-order chi connectivity index (χ0) is 12.1. The minimum Gasteiger partial charge on any atom is -0.377 e. The Kier molecular flexibility index (Phi) is 4.04. The summed E-state index contributed by atoms with van der Waals surface area (Å²) < 4.78 is 0. The number of anilines is 1. The Morgan fingerprint density at radius 3 is 2.47 bits per heavy atom. The largest absolute Gasteiger partial charge is 0.377 e. The van der Waals surface area contributed by atoms with Gasteiger partial charge in [-0.05, 0) is 49.6 Å². The van der Waals surface area contributed by atoms with Gasteiger partial charge in [0, 0.05) is 16.8 Å². The summed E-state index contributed by atoms with van der Waals surface area (Å²) in [4.78, 5) is 5.62. The van der Waals surface area contributed by atoms with Crippen LogP contribution in [-0.4, -0.2) is 11.2 Å². The van der Waals surface area contributed by atoms with E-state index in [1.165, 1.54) is 4.90 Å². The molecule has 0 aliphatic rings. The molecule has 0 saturated carbocycles. The van der Waals surface area contributed by atoms with E-state index in [1.807, 2.05) is 24.4 Å². The molecule has 1 N–H and O–H groups in total. The summed E-state index contributed by atoms with van der Waals surface area (Å²) >= 11 is 1.75. The van der Waals surface area contributed by atoms with Gasteiger partial charge in [0.05, 0.1) is 11.7 Å². The molecule has 2 rings (SSSR count). The van der Waals surface area contributed by atoms with Crippen LogP contribution in [0.5, 0.6) is 0 Å². The molecule has 2 aromatic rings. The number of pyridine rings is 1. The van der Waals surface area contributed by atoms with Crippen LogP contribution in [0.15, 0.2) is 53.6 Å². The maximum Gasteiger partial charge on any atom is 0.0657 e. The lowest BCUT2D eigenvalue weighted by Crippen LogP contribution is -2.07. The van der Waals surface area contributed by atoms with E-state index in [4.69, 9.17) is 0 Å². The molecule has 0 aliphatic heterocycles. The molecule has 0 fully saturated rings. The zero-order valence-electron chi connectivity index (χ0n) is 10.1. The zero-order valence-corrected chi connectivity index (χ0v) is 10.9. The molecule has 0 saturated heterocycles. The molecule has 0 aliphatic carbocycles. The molecule has 17 heavy (non-hydrogen) atoms. The highest BCUT2D eigenvalue weighted by atomic mass is 32.2. The van der Waals surface area contributed by atoms with Crippen molar-refractivity contribution >= 4 is 17.4 Å². The second kappa shape index (κ2) is 5.73. The summed E-state index contributed by atoms with van der Waals surface area (Å²) in [5.41, 5.74) is 2.18. The molecule has 1 heterocycles. The Morgan fingerprint density at radius 2 is 1.88 bits per heavy atom. The first-order valence-corrected chi connectivity index (χ1v) is 6.83. The Morgan fingerprint density at radius 1 is 1.12 bits per heavy atom. The van der Waals surface area contributed by atoms with Crippen molar-refractivity contribution in [3.63, 3.8) is 0 Å². The third-order valence-electron chi connectivity index (χ3n) is 2.60. The second-order valence-corrected chi connectivity index (χ2v) is 4.73. The molecule has 3 heteroatoms. The molecule has 0 bridgehead atoms. The third kappa shape index (κ3) is 3.24. The van der Waals surface area contributed by atoms with Gasteiger partial charge in [-0.25, -0.2) is 0 Å². The first-order valence-electron chi connectivity index (χ1n) is 5.61. The molecule has 1 atom stereocenters. The molecule has 1 aromatic heterocycles. The maximum atomic E-state index is 4.34. The predicted octanol–water partition coefficient (Wildman–Crippen LogP) is 3.98. The number of aromatic nitrogens is 1. The maximum absolute atomic E-state index is 4.34. The lowest BCUT2D eigenvalue weighted by molar-refractivity contribution is 0.839. The van der Waals surface area contributed by atoms with Crippen molar-refractivity contribution in [1.82, 2.24) is 4.98 Å². The van der Waals surface area contributed by atoms with E-state index in [9.17, 15) is 0 Å². The van der Waals surface area contributed by atoms with Crippen LogP contribution in [0.3, 0.4) is 0 Å². The summed E-state index contributed by atoms with van der Waals surface area (Å²) in [5, 5.41) is 3.44. The van der Waals surface area contributed by atoms with Crippen LogP contribution in [0, 0.1) is 0 Å². The smallest absolute Gasteiger partial charge is 0.0657 e. The Labute approximate surface area is 106 Å². The lowest BCUT2D eigenvalue weighted by atomic mass is 10.2. The Hall–Kier alpha value is -1.48. The van der Waals surface area contributed by atoms with Crippen molar-refractivity contribution in [3.8, 4) is 0 Å². The summed E-state index contributed by atoms with van der Waals surface area (Å²) in [5.74, 6) is 0. The van der Waals surface area contributed by atoms with Gasteiger partial charge in [-0.3, -0.25) is 4.98 Å². The number of hydrogen-bond acceptors (Lipinski definition) is 3. The van der Waals surface area contributed by atoms with Crippen molar-refractivity contribution in [1.29, 1.82) is 0 Å². The van der Waals surface area contributed by atoms with Gasteiger partial charge in [-0.1, -0.05) is 6.07 Å². The van der Waals surface area contributed by atoms with E-state index in [2.05, 4.69) is 47.7 Å². The molecule has 0 amide bonds. The van der Waals surface area contributed by atoms with Crippen LogP contribution in [0.2, 0.25) is 0 Å². The quantitative estimate of drug-likeness (QED) is 0.824. The van der Waals surface area contributed by atoms with Crippen molar-refractivity contribution in [2.75, 3.05) is 11.6 Å². The highest BCUT2D eigenvalue weighted by molar-refractivity contribution is 7.98. The summed E-state index contributed by atoms with van der Waals surface area (Å²) in [6, 6.07) is 14.7. The second-order valence-electron chi connectivity index (χ2n) is 3.85. The monoisotopic (exact) mass is 244 g/mol. The summed E-state index contributed by atoms with van der Waals surface area (Å²) in [7, 11) is 0. The molecule has 1 unspecified atom stereocenters. The first kappa shape index (κ1) is 12.0. The predicted molar refractivity (Wildman–Crippen MR) is 74.5 cm³/mol. The molecule has 88 valence electrons. The molecule has 1 aromatic carbocycles. The van der Waals surface area contributed by atoms with Gasteiger partial charge in [0.25, 0.3) is 0 Å². The fourth-order valence-corrected chi connectivity index (χ4v) is 2.05. The van der Waals surface area contributed by atoms with Crippen LogP contribution in [0.1, 0.15) is 18.7 Å². The Bertz CT molecular complexity index is 453. The van der Waals surface area contributed by atoms with Gasteiger partial charge in [-0.15, -0.1) is 11.8 Å². The molecule has 0 radical (unpaired) electrons. The van der Waals surface area contributed by atoms with Crippen molar-refractivity contribution < 1.29 is 0 Å². The normalized spacial score (nSPS) is 12.1. The molecule has 2 nitrogen and oxygen atoms in total. The number of hydrogen-bond donors (Lipinski definition) is 1. The van der Waals surface area contributed by atoms with E-state index in [0.29, 0.717) is 0 Å². The van der Waals surface area contributed by atoms with E-state index in [1.54, 1.807) is 11.8 Å². The highest BCUT2D eigenvalue weighted by Crippen LogP contribution is 2.21. The molecular weight excluding hydrogens is 228 g/mol. The van der Waals surface area contributed by atoms with Crippen molar-refractivity contribution in [2.24, 2.45) is 0 Å². The van der Waals surface area contributed by atoms with Gasteiger partial charge in [0.1, 0.15) is 0 Å². The molecule has 0 spiro atoms. The first-order chi connectivity index (χ1) is 8.29. The molecular formula is C14H16N2S. The van der Waals surface area contributed by atoms with Crippen LogP contribution < -0.4 is 5.32 Å². The number of rotatable bonds is 4. The average molecular weight is 244 g/mol. The fraction of sp³-hybridized carbons (Fsp3) is 0.214. The fourth-order valence-electron chi connectivity index (χ4n) is 1.64. The SMILES string of the molecule is CSc1ccc(NC(C)c2ccccn2)cc1. The number of benzene rings is 1. The minimum absolute atomic E-state index is 0.219. The van der Waals surface area contributed by atoms with Crippen LogP contribution >= 0.6 is 11.8 Å². The van der Waals surface area contributed by atoms with Gasteiger partial charge < -0.3 is 5.32 Å². The van der Waals surface area contributed by atoms with E-state index in [0.717, 1.165) is 11.4 Å². The summed E-state index contributed by atoms with van der Waals surface area (Å²) in [6.45, 7) is 2.12. The van der Waals surface area contributed by atoms with E-state index >= 15 is 0 Å². The Balaban J connectivity index is 2.05. The van der Waals surface area contributed by atoms with E-state index in [-0.39, 0.29) is 6.04 Å². The van der Waals surface area contributed by atoms with Gasteiger partial charge in [0.15, 0.2) is 0 Å². The van der Waals surface area contributed by atoms with Crippen molar-refractivity contribution in [2.45, 2.75) is 17.9 Å². The summed E-state index contributed by atoms with van der Waals surface area (Å²) in [6.07, 6.45) is 3.91. The van der Waals surface area contributed by atoms with E-state index < -0.39 is 0 Å². The topological polar surface area (TPSA) is 24.9 Å². The van der Waals surface area contributed by atoms with Gasteiger partial charge in [0.2, 0.25) is 0 Å². The van der Waals surface area contributed by atoms with Crippen LogP contribution in [-0.2, 0) is 0 Å². The van der Waals surface area contributed by atoms with Gasteiger partial charge >= 0.3 is 0 Å². The number of thioether (sulfide) groups is 1. The highest BCUT2D eigenvalue weighted by Gasteiger charge is 2.05. The standard InChI is InChI=1S/C14H16N2S/c1-11(14-5-3-4-10-15-14)16-12-6-8-13(17-2)9-7-12/h3-11,16H,1-2H3. The van der Waals surface area contributed by atoms with Crippen LogP contribution in [0.4, 0.5) is 5.69 Å². The van der Waals surface area contributed by atoms with Crippen LogP contribution in [0.25, 0.3) is 0 Å². The third-order valence-corrected chi connectivity index (χ3v) is 3.35. The average Bonchev–Trinajstić information content (AvgIpc) is 2.40. The van der Waals surface area contributed by atoms with Gasteiger partial charge in [-0.2, -0.15) is 0 Å².